The average molecular weight is 285 g/mol. The fraction of sp³-hybridized carbons (Fsp3) is 0.294. The number of nitrogens with zero attached hydrogens (tertiary/aromatic N) is 2. The second-order valence-corrected chi connectivity index (χ2v) is 5.48. The van der Waals surface area contributed by atoms with Crippen molar-refractivity contribution in [2.45, 2.75) is 6.54 Å². The number of rotatable bonds is 3. The van der Waals surface area contributed by atoms with Gasteiger partial charge in [-0.05, 0) is 35.9 Å². The number of hydrogen-bond acceptors (Lipinski definition) is 3. The van der Waals surface area contributed by atoms with E-state index in [1.54, 1.807) is 12.1 Å². The predicted molar refractivity (Wildman–Crippen MR) is 84.7 cm³/mol. The second-order valence-electron chi connectivity index (χ2n) is 5.48. The van der Waals surface area contributed by atoms with Crippen LogP contribution in [0.15, 0.2) is 48.5 Å². The van der Waals surface area contributed by atoms with Crippen molar-refractivity contribution in [1.82, 2.24) is 4.90 Å². The summed E-state index contributed by atoms with van der Waals surface area (Å²) in [6.45, 7) is 4.77. The molecule has 2 N–H and O–H groups in total. The van der Waals surface area contributed by atoms with Crippen LogP contribution in [0.1, 0.15) is 5.56 Å². The van der Waals surface area contributed by atoms with Crippen LogP contribution < -0.4 is 10.6 Å². The van der Waals surface area contributed by atoms with Crippen LogP contribution in [0.4, 0.5) is 15.8 Å². The van der Waals surface area contributed by atoms with Gasteiger partial charge in [-0.2, -0.15) is 0 Å². The molecular weight excluding hydrogens is 265 g/mol. The van der Waals surface area contributed by atoms with Crippen LogP contribution in [0.2, 0.25) is 0 Å². The van der Waals surface area contributed by atoms with Gasteiger partial charge in [-0.1, -0.05) is 18.2 Å². The van der Waals surface area contributed by atoms with Crippen molar-refractivity contribution >= 4 is 11.4 Å². The van der Waals surface area contributed by atoms with E-state index in [-0.39, 0.29) is 5.82 Å². The molecule has 21 heavy (non-hydrogen) atoms. The highest BCUT2D eigenvalue weighted by atomic mass is 19.1. The van der Waals surface area contributed by atoms with Gasteiger partial charge >= 0.3 is 0 Å². The van der Waals surface area contributed by atoms with E-state index in [1.807, 2.05) is 18.2 Å². The topological polar surface area (TPSA) is 32.5 Å². The molecule has 3 rings (SSSR count). The summed E-state index contributed by atoms with van der Waals surface area (Å²) in [4.78, 5) is 4.66. The molecule has 0 saturated carbocycles. The predicted octanol–water partition coefficient (Wildman–Crippen LogP) is 2.73. The molecule has 3 nitrogen and oxygen atoms in total. The van der Waals surface area contributed by atoms with Gasteiger partial charge in [0.1, 0.15) is 5.82 Å². The normalized spacial score (nSPS) is 16.1. The highest BCUT2D eigenvalue weighted by Gasteiger charge is 2.17. The lowest BCUT2D eigenvalue weighted by Gasteiger charge is -2.36. The zero-order valence-electron chi connectivity index (χ0n) is 12.0. The molecule has 0 atom stereocenters. The Hall–Kier alpha value is -2.07. The molecule has 1 saturated heterocycles. The number of anilines is 2. The molecule has 0 bridgehead atoms. The van der Waals surface area contributed by atoms with E-state index in [2.05, 4.69) is 21.9 Å². The highest BCUT2D eigenvalue weighted by Crippen LogP contribution is 2.18. The summed E-state index contributed by atoms with van der Waals surface area (Å²) in [6.07, 6.45) is 0. The third-order valence-corrected chi connectivity index (χ3v) is 3.93. The van der Waals surface area contributed by atoms with Crippen molar-refractivity contribution in [3.8, 4) is 0 Å². The minimum absolute atomic E-state index is 0.170. The SMILES string of the molecule is Nc1ccc(CN2CCN(c3cccc(F)c3)CC2)cc1. The van der Waals surface area contributed by atoms with Crippen LogP contribution in [0, 0.1) is 5.82 Å². The molecule has 0 radical (unpaired) electrons. The molecular formula is C17H20FN3. The standard InChI is InChI=1S/C17H20FN3/c18-15-2-1-3-17(12-15)21-10-8-20(9-11-21)13-14-4-6-16(19)7-5-14/h1-7,12H,8-11,13,19H2. The molecule has 0 spiro atoms. The fourth-order valence-electron chi connectivity index (χ4n) is 2.72. The Morgan fingerprint density at radius 2 is 1.67 bits per heavy atom. The van der Waals surface area contributed by atoms with Crippen LogP contribution in [0.25, 0.3) is 0 Å². The number of benzene rings is 2. The maximum Gasteiger partial charge on any atom is 0.125 e. The molecule has 4 heteroatoms. The Morgan fingerprint density at radius 1 is 0.952 bits per heavy atom. The zero-order chi connectivity index (χ0) is 14.7. The summed E-state index contributed by atoms with van der Waals surface area (Å²) < 4.78 is 13.3. The van der Waals surface area contributed by atoms with E-state index in [0.717, 1.165) is 44.1 Å². The van der Waals surface area contributed by atoms with Gasteiger partial charge in [0, 0.05) is 44.1 Å². The summed E-state index contributed by atoms with van der Waals surface area (Å²) in [7, 11) is 0. The third-order valence-electron chi connectivity index (χ3n) is 3.93. The molecule has 1 heterocycles. The number of nitrogen functional groups attached to an aromatic ring is 1. The molecule has 1 fully saturated rings. The molecule has 0 unspecified atom stereocenters. The fourth-order valence-corrected chi connectivity index (χ4v) is 2.72. The molecule has 0 aliphatic carbocycles. The summed E-state index contributed by atoms with van der Waals surface area (Å²) >= 11 is 0. The number of nitrogens with two attached hydrogens (primary N) is 1. The Kier molecular flexibility index (Phi) is 4.06. The van der Waals surface area contributed by atoms with E-state index in [0.29, 0.717) is 0 Å². The van der Waals surface area contributed by atoms with E-state index in [4.69, 9.17) is 5.73 Å². The minimum Gasteiger partial charge on any atom is -0.399 e. The Labute approximate surface area is 124 Å². The van der Waals surface area contributed by atoms with Gasteiger partial charge in [-0.3, -0.25) is 4.90 Å². The van der Waals surface area contributed by atoms with Gasteiger partial charge in [0.05, 0.1) is 0 Å². The lowest BCUT2D eigenvalue weighted by atomic mass is 10.1. The molecule has 0 aromatic heterocycles. The highest BCUT2D eigenvalue weighted by molar-refractivity contribution is 5.47. The Bertz CT molecular complexity index is 589. The lowest BCUT2D eigenvalue weighted by Crippen LogP contribution is -2.46. The van der Waals surface area contributed by atoms with E-state index >= 15 is 0 Å². The van der Waals surface area contributed by atoms with Gasteiger partial charge in [0.15, 0.2) is 0 Å². The first kappa shape index (κ1) is 13.9. The summed E-state index contributed by atoms with van der Waals surface area (Å²) in [5.41, 5.74) is 8.76. The molecule has 1 aliphatic heterocycles. The van der Waals surface area contributed by atoms with Crippen LogP contribution in [-0.2, 0) is 6.54 Å². The summed E-state index contributed by atoms with van der Waals surface area (Å²) in [5, 5.41) is 0. The second kappa shape index (κ2) is 6.14. The van der Waals surface area contributed by atoms with Crippen molar-refractivity contribution in [3.05, 3.63) is 59.9 Å². The van der Waals surface area contributed by atoms with Crippen molar-refractivity contribution in [2.75, 3.05) is 36.8 Å². The van der Waals surface area contributed by atoms with E-state index < -0.39 is 0 Å². The van der Waals surface area contributed by atoms with Crippen molar-refractivity contribution in [2.24, 2.45) is 0 Å². The number of piperazine rings is 1. The van der Waals surface area contributed by atoms with Gasteiger partial charge in [0.2, 0.25) is 0 Å². The maximum absolute atomic E-state index is 13.3. The third kappa shape index (κ3) is 3.52. The lowest BCUT2D eigenvalue weighted by molar-refractivity contribution is 0.250. The quantitative estimate of drug-likeness (QED) is 0.880. The summed E-state index contributed by atoms with van der Waals surface area (Å²) in [6, 6.07) is 14.9. The smallest absolute Gasteiger partial charge is 0.125 e. The monoisotopic (exact) mass is 285 g/mol. The van der Waals surface area contributed by atoms with Crippen LogP contribution in [0.5, 0.6) is 0 Å². The van der Waals surface area contributed by atoms with Gasteiger partial charge in [-0.25, -0.2) is 4.39 Å². The van der Waals surface area contributed by atoms with E-state index in [9.17, 15) is 4.39 Å². The number of halogens is 1. The van der Waals surface area contributed by atoms with Gasteiger partial charge < -0.3 is 10.6 Å². The Morgan fingerprint density at radius 3 is 2.33 bits per heavy atom. The molecule has 1 aliphatic rings. The van der Waals surface area contributed by atoms with Gasteiger partial charge in [0.25, 0.3) is 0 Å². The van der Waals surface area contributed by atoms with Crippen molar-refractivity contribution in [3.63, 3.8) is 0 Å². The van der Waals surface area contributed by atoms with Gasteiger partial charge in [-0.15, -0.1) is 0 Å². The first-order chi connectivity index (χ1) is 10.2. The van der Waals surface area contributed by atoms with Crippen molar-refractivity contribution < 1.29 is 4.39 Å². The zero-order valence-corrected chi connectivity index (χ0v) is 12.0. The van der Waals surface area contributed by atoms with Crippen molar-refractivity contribution in [1.29, 1.82) is 0 Å². The van der Waals surface area contributed by atoms with Crippen LogP contribution >= 0.6 is 0 Å². The number of hydrogen-bond donors (Lipinski definition) is 1. The largest absolute Gasteiger partial charge is 0.399 e. The molecule has 0 amide bonds. The first-order valence-electron chi connectivity index (χ1n) is 7.28. The van der Waals surface area contributed by atoms with E-state index in [1.165, 1.54) is 11.6 Å². The van der Waals surface area contributed by atoms with Crippen LogP contribution in [-0.4, -0.2) is 31.1 Å². The maximum atomic E-state index is 13.3. The molecule has 2 aromatic carbocycles. The molecule has 110 valence electrons. The Balaban J connectivity index is 1.56. The first-order valence-corrected chi connectivity index (χ1v) is 7.28. The summed E-state index contributed by atoms with van der Waals surface area (Å²) in [5.74, 6) is -0.170. The minimum atomic E-state index is -0.170. The average Bonchev–Trinajstić information content (AvgIpc) is 2.50. The van der Waals surface area contributed by atoms with Crippen LogP contribution in [0.3, 0.4) is 0 Å². The molecule has 2 aromatic rings.